The van der Waals surface area contributed by atoms with E-state index in [1.807, 2.05) is 0 Å². The van der Waals surface area contributed by atoms with E-state index in [-0.39, 0.29) is 5.04 Å². The van der Waals surface area contributed by atoms with Crippen molar-refractivity contribution < 1.29 is 9.16 Å². The minimum absolute atomic E-state index is 0.236. The van der Waals surface area contributed by atoms with Crippen LogP contribution in [0.15, 0.2) is 52.2 Å². The van der Waals surface area contributed by atoms with E-state index in [1.54, 1.807) is 31.3 Å². The van der Waals surface area contributed by atoms with E-state index < -0.39 is 8.32 Å². The summed E-state index contributed by atoms with van der Waals surface area (Å²) in [6.07, 6.45) is 6.94. The summed E-state index contributed by atoms with van der Waals surface area (Å²) in [5.74, 6) is 0.861. The normalized spacial score (nSPS) is 16.9. The molecule has 1 aromatic carbocycles. The van der Waals surface area contributed by atoms with Crippen molar-refractivity contribution in [2.24, 2.45) is 0 Å². The van der Waals surface area contributed by atoms with Gasteiger partial charge in [-0.15, -0.1) is 0 Å². The van der Waals surface area contributed by atoms with Gasteiger partial charge in [0.25, 0.3) is 0 Å². The van der Waals surface area contributed by atoms with Crippen LogP contribution in [-0.4, -0.2) is 56.7 Å². The van der Waals surface area contributed by atoms with E-state index in [9.17, 15) is 0 Å². The summed E-state index contributed by atoms with van der Waals surface area (Å²) in [5.41, 5.74) is 3.85. The Morgan fingerprint density at radius 2 is 1.94 bits per heavy atom. The molecule has 178 valence electrons. The minimum Gasteiger partial charge on any atom is -0.413 e. The number of hydrogen-bond acceptors (Lipinski definition) is 7. The number of fused-ring (bicyclic) bond motifs is 2. The third kappa shape index (κ3) is 5.52. The number of hydrogen-bond donors (Lipinski definition) is 0. The second-order valence-corrected chi connectivity index (χ2v) is 16.2. The molecular formula is C25H36N4O2SSi. The average molecular weight is 485 g/mol. The fourth-order valence-electron chi connectivity index (χ4n) is 3.88. The first-order chi connectivity index (χ1) is 15.7. The van der Waals surface area contributed by atoms with Gasteiger partial charge in [-0.05, 0) is 47.8 Å². The third-order valence-corrected chi connectivity index (χ3v) is 12.3. The van der Waals surface area contributed by atoms with Crippen LogP contribution in [0.4, 0.5) is 11.5 Å². The second-order valence-electron chi connectivity index (χ2n) is 10.3. The summed E-state index contributed by atoms with van der Waals surface area (Å²) >= 11 is 1.67. The quantitative estimate of drug-likeness (QED) is 0.361. The monoisotopic (exact) mass is 484 g/mol. The van der Waals surface area contributed by atoms with Crippen LogP contribution in [0.25, 0.3) is 0 Å². The molecule has 2 aliphatic heterocycles. The van der Waals surface area contributed by atoms with Crippen molar-refractivity contribution in [1.29, 1.82) is 0 Å². The maximum Gasteiger partial charge on any atom is 0.192 e. The van der Waals surface area contributed by atoms with Gasteiger partial charge in [0, 0.05) is 44.0 Å². The molecule has 6 nitrogen and oxygen atoms in total. The molecule has 3 heterocycles. The molecule has 0 N–H and O–H groups in total. The number of aromatic nitrogens is 2. The lowest BCUT2D eigenvalue weighted by molar-refractivity contribution is 0.204. The molecule has 33 heavy (non-hydrogen) atoms. The first-order valence-corrected chi connectivity index (χ1v) is 15.3. The number of methoxy groups -OCH3 is 1. The number of rotatable bonds is 7. The van der Waals surface area contributed by atoms with Crippen molar-refractivity contribution in [2.75, 3.05) is 38.4 Å². The zero-order valence-corrected chi connectivity index (χ0v) is 22.5. The molecular weight excluding hydrogens is 448 g/mol. The van der Waals surface area contributed by atoms with Gasteiger partial charge >= 0.3 is 0 Å². The van der Waals surface area contributed by atoms with Crippen LogP contribution in [0, 0.1) is 0 Å². The van der Waals surface area contributed by atoms with Crippen LogP contribution in [0.3, 0.4) is 0 Å². The molecule has 0 fully saturated rings. The van der Waals surface area contributed by atoms with Crippen LogP contribution in [-0.2, 0) is 15.7 Å². The molecule has 0 radical (unpaired) electrons. The van der Waals surface area contributed by atoms with Gasteiger partial charge in [-0.3, -0.25) is 9.80 Å². The summed E-state index contributed by atoms with van der Waals surface area (Å²) < 4.78 is 12.0. The Balaban J connectivity index is 1.44. The molecule has 0 saturated heterocycles. The molecule has 0 spiro atoms. The molecule has 4 rings (SSSR count). The van der Waals surface area contributed by atoms with Crippen molar-refractivity contribution in [3.63, 3.8) is 0 Å². The van der Waals surface area contributed by atoms with Crippen LogP contribution < -0.4 is 4.90 Å². The van der Waals surface area contributed by atoms with E-state index >= 15 is 0 Å². The van der Waals surface area contributed by atoms with E-state index in [2.05, 4.69) is 77.9 Å². The molecule has 0 bridgehead atoms. The molecule has 2 aromatic rings. The summed E-state index contributed by atoms with van der Waals surface area (Å²) in [4.78, 5) is 14.9. The Bertz CT molecular complexity index is 1020. The molecule has 0 saturated carbocycles. The highest BCUT2D eigenvalue weighted by Crippen LogP contribution is 2.46. The lowest BCUT2D eigenvalue weighted by Crippen LogP contribution is -2.42. The van der Waals surface area contributed by atoms with E-state index in [0.717, 1.165) is 49.2 Å². The topological polar surface area (TPSA) is 50.7 Å². The maximum absolute atomic E-state index is 6.49. The largest absolute Gasteiger partial charge is 0.413 e. The predicted octanol–water partition coefficient (Wildman–Crippen LogP) is 5.84. The Hall–Kier alpha value is -1.71. The van der Waals surface area contributed by atoms with Crippen LogP contribution in [0.1, 0.15) is 32.8 Å². The Morgan fingerprint density at radius 3 is 2.70 bits per heavy atom. The SMILES string of the molecule is COCN1c2cc(CN3CCC=C(CO[Si](C)(C)C(C)(C)C)C3)ccc2Sc2nccnc21. The van der Waals surface area contributed by atoms with E-state index in [4.69, 9.17) is 9.16 Å². The van der Waals surface area contributed by atoms with Gasteiger partial charge in [0.2, 0.25) is 0 Å². The van der Waals surface area contributed by atoms with Gasteiger partial charge in [-0.1, -0.05) is 44.7 Å². The fraction of sp³-hybridized carbons (Fsp3) is 0.520. The Kier molecular flexibility index (Phi) is 7.31. The second kappa shape index (κ2) is 9.88. The first-order valence-electron chi connectivity index (χ1n) is 11.6. The molecule has 0 amide bonds. The number of benzene rings is 1. The van der Waals surface area contributed by atoms with Crippen molar-refractivity contribution >= 4 is 31.6 Å². The van der Waals surface area contributed by atoms with Gasteiger partial charge in [0.05, 0.1) is 12.3 Å². The maximum atomic E-state index is 6.49. The van der Waals surface area contributed by atoms with Crippen molar-refractivity contribution in [3.05, 3.63) is 47.8 Å². The zero-order chi connectivity index (χ0) is 23.6. The van der Waals surface area contributed by atoms with Crippen molar-refractivity contribution in [3.8, 4) is 0 Å². The zero-order valence-electron chi connectivity index (χ0n) is 20.7. The molecule has 0 unspecified atom stereocenters. The Morgan fingerprint density at radius 1 is 1.15 bits per heavy atom. The summed E-state index contributed by atoms with van der Waals surface area (Å²) in [7, 11) is -0.0192. The predicted molar refractivity (Wildman–Crippen MR) is 138 cm³/mol. The molecule has 8 heteroatoms. The molecule has 2 aliphatic rings. The van der Waals surface area contributed by atoms with Crippen molar-refractivity contribution in [1.82, 2.24) is 14.9 Å². The van der Waals surface area contributed by atoms with Gasteiger partial charge in [0.15, 0.2) is 14.1 Å². The standard InChI is InChI=1S/C25H36N4O2SSi/c1-25(2,3)33(5,6)31-17-20-8-7-13-28(16-20)15-19-9-10-22-21(14-19)29(18-30-4)23-24(32-22)27-12-11-26-23/h8-12,14H,7,13,15-18H2,1-6H3. The number of ether oxygens (including phenoxy) is 1. The molecule has 1 aromatic heterocycles. The van der Waals surface area contributed by atoms with Crippen LogP contribution in [0.5, 0.6) is 0 Å². The molecule has 0 aliphatic carbocycles. The van der Waals surface area contributed by atoms with Gasteiger partial charge in [-0.25, -0.2) is 9.97 Å². The number of nitrogens with zero attached hydrogens (tertiary/aromatic N) is 4. The van der Waals surface area contributed by atoms with E-state index in [1.165, 1.54) is 16.0 Å². The highest BCUT2D eigenvalue weighted by molar-refractivity contribution is 7.99. The van der Waals surface area contributed by atoms with E-state index in [0.29, 0.717) is 6.73 Å². The third-order valence-electron chi connectivity index (χ3n) is 6.82. The lowest BCUT2D eigenvalue weighted by atomic mass is 10.1. The highest BCUT2D eigenvalue weighted by Gasteiger charge is 2.37. The first kappa shape index (κ1) is 24.4. The summed E-state index contributed by atoms with van der Waals surface area (Å²) in [5, 5.41) is 1.16. The van der Waals surface area contributed by atoms with Gasteiger partial charge in [-0.2, -0.15) is 0 Å². The van der Waals surface area contributed by atoms with Crippen molar-refractivity contribution in [2.45, 2.75) is 61.8 Å². The van der Waals surface area contributed by atoms with Gasteiger partial charge < -0.3 is 9.16 Å². The minimum atomic E-state index is -1.74. The fourth-order valence-corrected chi connectivity index (χ4v) is 5.85. The van der Waals surface area contributed by atoms with Crippen LogP contribution in [0.2, 0.25) is 18.1 Å². The molecule has 0 atom stereocenters. The van der Waals surface area contributed by atoms with Gasteiger partial charge in [0.1, 0.15) is 11.8 Å². The highest BCUT2D eigenvalue weighted by atomic mass is 32.2. The summed E-state index contributed by atoms with van der Waals surface area (Å²) in [6.45, 7) is 15.7. The smallest absolute Gasteiger partial charge is 0.192 e. The number of anilines is 2. The lowest BCUT2D eigenvalue weighted by Gasteiger charge is -2.37. The van der Waals surface area contributed by atoms with Crippen LogP contribution >= 0.6 is 11.8 Å². The Labute approximate surface area is 203 Å². The average Bonchev–Trinajstić information content (AvgIpc) is 2.77. The summed E-state index contributed by atoms with van der Waals surface area (Å²) in [6, 6.07) is 6.72.